The van der Waals surface area contributed by atoms with Crippen LogP contribution in [0, 0.1) is 23.2 Å². The highest BCUT2D eigenvalue weighted by Crippen LogP contribution is 2.57. The standard InChI is InChI=1S/C58H76N8O4/c1-7-64-52-21-18-42(30-47(52)49(33-58(4,5)37-67)55(64)48-32-45(34-59-51(48)36-70-6)63-26-24-62(25-27-63)44-19-20-44)41-17-13-14-39(28-41)29-50(57(69)66-23-12-11-22-60-66)61-56(68)53(38(2)3)65-35-43-31-46(43)54(65)40-15-9-8-10-16-40/h8-10,13-18,21,28,30,32,34,38,43-44,46,50,53-54,60,67H,7,11-12,19-20,22-27,29,31,33,35-37H2,1-6H3,(H,61,68). The maximum absolute atomic E-state index is 14.8. The molecule has 2 saturated carbocycles. The number of carbonyl (C=O) groups is 2. The molecule has 0 spiro atoms. The fourth-order valence-corrected chi connectivity index (χ4v) is 12.2. The molecule has 10 rings (SSSR count). The molecule has 5 atom stereocenters. The van der Waals surface area contributed by atoms with Crippen LogP contribution in [0.15, 0.2) is 85.1 Å². The number of carbonyl (C=O) groups excluding carboxylic acids is 2. The van der Waals surface area contributed by atoms with Crippen LogP contribution in [0.1, 0.15) is 95.1 Å². The zero-order valence-corrected chi connectivity index (χ0v) is 42.5. The first-order valence-corrected chi connectivity index (χ1v) is 26.4. The number of hydrazine groups is 1. The molecule has 5 aliphatic rings. The van der Waals surface area contributed by atoms with Crippen molar-refractivity contribution in [3.05, 3.63) is 107 Å². The molecule has 5 unspecified atom stereocenters. The van der Waals surface area contributed by atoms with Crippen molar-refractivity contribution in [3.63, 3.8) is 0 Å². The summed E-state index contributed by atoms with van der Waals surface area (Å²) in [5.74, 6) is 1.06. The van der Waals surface area contributed by atoms with Crippen LogP contribution < -0.4 is 15.6 Å². The number of piperidine rings is 1. The molecule has 3 saturated heterocycles. The number of fused-ring (bicyclic) bond motifs is 2. The van der Waals surface area contributed by atoms with Crippen molar-refractivity contribution in [2.24, 2.45) is 23.2 Å². The lowest BCUT2D eigenvalue weighted by Crippen LogP contribution is -2.59. The Morgan fingerprint density at radius 3 is 2.43 bits per heavy atom. The van der Waals surface area contributed by atoms with E-state index in [9.17, 15) is 14.7 Å². The Hall–Kier alpha value is -5.11. The number of hydrogen-bond acceptors (Lipinski definition) is 9. The number of aromatic nitrogens is 2. The van der Waals surface area contributed by atoms with E-state index < -0.39 is 6.04 Å². The largest absolute Gasteiger partial charge is 0.396 e. The van der Waals surface area contributed by atoms with E-state index in [1.807, 2.05) is 6.20 Å². The molecule has 5 heterocycles. The van der Waals surface area contributed by atoms with Gasteiger partial charge in [-0.1, -0.05) is 88.4 Å². The van der Waals surface area contributed by atoms with E-state index in [1.54, 1.807) is 12.1 Å². The number of likely N-dealkylation sites (tertiary alicyclic amines) is 1. The van der Waals surface area contributed by atoms with Crippen molar-refractivity contribution in [1.82, 2.24) is 35.1 Å². The van der Waals surface area contributed by atoms with Crippen molar-refractivity contribution in [2.45, 2.75) is 117 Å². The summed E-state index contributed by atoms with van der Waals surface area (Å²) in [5, 5.41) is 17.0. The summed E-state index contributed by atoms with van der Waals surface area (Å²) in [6.45, 7) is 18.3. The Morgan fingerprint density at radius 1 is 0.943 bits per heavy atom. The number of piperazine rings is 1. The fourth-order valence-electron chi connectivity index (χ4n) is 12.2. The number of rotatable bonds is 18. The number of benzene rings is 3. The van der Waals surface area contributed by atoms with Crippen LogP contribution >= 0.6 is 0 Å². The average molecular weight is 949 g/mol. The fraction of sp³-hybridized carbons (Fsp3) is 0.534. The molecular weight excluding hydrogens is 873 g/mol. The minimum atomic E-state index is -0.745. The number of hydrogen-bond donors (Lipinski definition) is 3. The van der Waals surface area contributed by atoms with Crippen LogP contribution in [0.4, 0.5) is 5.69 Å². The lowest BCUT2D eigenvalue weighted by Gasteiger charge is -2.38. The van der Waals surface area contributed by atoms with Gasteiger partial charge in [0.2, 0.25) is 5.91 Å². The molecule has 3 aliphatic heterocycles. The summed E-state index contributed by atoms with van der Waals surface area (Å²) in [4.78, 5) is 42.0. The Labute approximate surface area is 415 Å². The van der Waals surface area contributed by atoms with Gasteiger partial charge in [-0.3, -0.25) is 29.4 Å². The lowest BCUT2D eigenvalue weighted by atomic mass is 9.84. The normalized spacial score (nSPS) is 21.9. The monoisotopic (exact) mass is 949 g/mol. The Balaban J connectivity index is 0.981. The summed E-state index contributed by atoms with van der Waals surface area (Å²) in [6, 6.07) is 28.1. The van der Waals surface area contributed by atoms with Crippen molar-refractivity contribution < 1.29 is 19.4 Å². The maximum atomic E-state index is 14.8. The zero-order chi connectivity index (χ0) is 48.7. The third kappa shape index (κ3) is 10.0. The van der Waals surface area contributed by atoms with Gasteiger partial charge in [-0.15, -0.1) is 0 Å². The number of methoxy groups -OCH3 is 1. The second kappa shape index (κ2) is 20.5. The number of anilines is 1. The lowest BCUT2D eigenvalue weighted by molar-refractivity contribution is -0.142. The average Bonchev–Trinajstić information content (AvgIpc) is 4.32. The molecule has 5 aromatic rings. The predicted molar refractivity (Wildman–Crippen MR) is 279 cm³/mol. The van der Waals surface area contributed by atoms with Crippen molar-refractivity contribution >= 4 is 28.4 Å². The molecule has 70 heavy (non-hydrogen) atoms. The molecule has 2 aromatic heterocycles. The first-order chi connectivity index (χ1) is 33.9. The SMILES string of the molecule is CCn1c(-c2cc(N3CCN(C4CC4)CC3)cnc2COC)c(CC(C)(C)CO)c2cc(-c3cccc(CC(NC(=O)C(C(C)C)N4CC5CC5C4c4ccccc4)C(=O)N4CCCCN4)c3)ccc21. The number of nitrogens with zero attached hydrogens (tertiary/aromatic N) is 6. The number of amides is 2. The van der Waals surface area contributed by atoms with E-state index in [0.717, 1.165) is 115 Å². The third-order valence-electron chi connectivity index (χ3n) is 16.1. The van der Waals surface area contributed by atoms with E-state index in [1.165, 1.54) is 30.4 Å². The van der Waals surface area contributed by atoms with E-state index in [2.05, 4.69) is 143 Å². The van der Waals surface area contributed by atoms with Gasteiger partial charge in [0.05, 0.1) is 35.9 Å². The maximum Gasteiger partial charge on any atom is 0.259 e. The zero-order valence-electron chi connectivity index (χ0n) is 42.5. The van der Waals surface area contributed by atoms with Crippen LogP contribution in [-0.2, 0) is 40.3 Å². The number of aryl methyl sites for hydroxylation is 1. The summed E-state index contributed by atoms with van der Waals surface area (Å²) in [6.07, 6.45) is 8.85. The highest BCUT2D eigenvalue weighted by molar-refractivity contribution is 5.96. The molecule has 0 radical (unpaired) electrons. The molecule has 2 amide bonds. The minimum Gasteiger partial charge on any atom is -0.396 e. The minimum absolute atomic E-state index is 0.0510. The van der Waals surface area contributed by atoms with E-state index in [-0.39, 0.29) is 41.8 Å². The summed E-state index contributed by atoms with van der Waals surface area (Å²) in [7, 11) is 1.73. The molecule has 372 valence electrons. The number of ether oxygens (including phenoxy) is 1. The second-order valence-electron chi connectivity index (χ2n) is 22.1. The van der Waals surface area contributed by atoms with Gasteiger partial charge in [-0.05, 0) is 115 Å². The molecule has 5 fully saturated rings. The molecular formula is C58H76N8O4. The summed E-state index contributed by atoms with van der Waals surface area (Å²) in [5.41, 5.74) is 13.9. The molecule has 12 nitrogen and oxygen atoms in total. The quantitative estimate of drug-likeness (QED) is 0.0799. The van der Waals surface area contributed by atoms with Gasteiger partial charge in [-0.2, -0.15) is 0 Å². The first-order valence-electron chi connectivity index (χ1n) is 26.4. The first kappa shape index (κ1) is 48.5. The van der Waals surface area contributed by atoms with Gasteiger partial charge in [-0.25, -0.2) is 5.43 Å². The molecule has 12 heteroatoms. The van der Waals surface area contributed by atoms with Gasteiger partial charge >= 0.3 is 0 Å². The summed E-state index contributed by atoms with van der Waals surface area (Å²) >= 11 is 0. The third-order valence-corrected chi connectivity index (χ3v) is 16.1. The topological polar surface area (TPSA) is 118 Å². The number of nitrogens with one attached hydrogen (secondary N) is 2. The van der Waals surface area contributed by atoms with E-state index in [0.29, 0.717) is 37.8 Å². The Morgan fingerprint density at radius 2 is 1.73 bits per heavy atom. The number of aliphatic hydroxyl groups excluding tert-OH is 1. The Kier molecular flexibility index (Phi) is 14.2. The smallest absolute Gasteiger partial charge is 0.259 e. The van der Waals surface area contributed by atoms with E-state index in [4.69, 9.17) is 9.72 Å². The van der Waals surface area contributed by atoms with Gasteiger partial charge < -0.3 is 24.6 Å². The molecule has 0 bridgehead atoms. The molecule has 3 N–H and O–H groups in total. The van der Waals surface area contributed by atoms with Crippen LogP contribution in [0.5, 0.6) is 0 Å². The van der Waals surface area contributed by atoms with Crippen LogP contribution in [0.2, 0.25) is 0 Å². The molecule has 3 aromatic carbocycles. The van der Waals surface area contributed by atoms with Crippen LogP contribution in [-0.4, -0.2) is 119 Å². The Bertz CT molecular complexity index is 2650. The second-order valence-corrected chi connectivity index (χ2v) is 22.1. The number of pyridine rings is 1. The van der Waals surface area contributed by atoms with Crippen LogP contribution in [0.25, 0.3) is 33.3 Å². The molecule has 2 aliphatic carbocycles. The predicted octanol–water partition coefficient (Wildman–Crippen LogP) is 8.25. The van der Waals surface area contributed by atoms with Gasteiger partial charge in [0.25, 0.3) is 5.91 Å². The van der Waals surface area contributed by atoms with Crippen molar-refractivity contribution in [3.8, 4) is 22.4 Å². The van der Waals surface area contributed by atoms with Gasteiger partial charge in [0, 0.05) is 101 Å². The van der Waals surface area contributed by atoms with E-state index >= 15 is 0 Å². The van der Waals surface area contributed by atoms with Gasteiger partial charge in [0.15, 0.2) is 0 Å². The number of aliphatic hydroxyl groups is 1. The van der Waals surface area contributed by atoms with Crippen LogP contribution in [0.3, 0.4) is 0 Å². The highest BCUT2D eigenvalue weighted by atomic mass is 16.5. The summed E-state index contributed by atoms with van der Waals surface area (Å²) < 4.78 is 8.23. The van der Waals surface area contributed by atoms with Crippen molar-refractivity contribution in [1.29, 1.82) is 0 Å². The van der Waals surface area contributed by atoms with Gasteiger partial charge in [0.1, 0.15) is 6.04 Å². The van der Waals surface area contributed by atoms with Crippen molar-refractivity contribution in [2.75, 3.05) is 64.4 Å². The highest BCUT2D eigenvalue weighted by Gasteiger charge is 2.56.